The molecule has 5 heteroatoms. The van der Waals surface area contributed by atoms with Crippen molar-refractivity contribution in [3.05, 3.63) is 231 Å². The molecule has 0 unspecified atom stereocenters. The van der Waals surface area contributed by atoms with Gasteiger partial charge in [0.15, 0.2) is 11.7 Å². The molecule has 0 aliphatic rings. The van der Waals surface area contributed by atoms with Crippen molar-refractivity contribution in [1.29, 1.82) is 0 Å². The Kier molecular flexibility index (Phi) is 14.7. The average molecular weight is 785 g/mol. The molecule has 0 bridgehead atoms. The molecule has 7 aromatic carbocycles. The molecule has 0 saturated carbocycles. The van der Waals surface area contributed by atoms with Crippen LogP contribution < -0.4 is 0 Å². The summed E-state index contributed by atoms with van der Waals surface area (Å²) in [6.07, 6.45) is 5.03. The molecule has 0 spiro atoms. The predicted molar refractivity (Wildman–Crippen MR) is 257 cm³/mol. The Hall–Kier alpha value is -7.08. The molecule has 290 valence electrons. The maximum atomic E-state index is 4.93. The summed E-state index contributed by atoms with van der Waals surface area (Å²) < 4.78 is 2.33. The smallest absolute Gasteiger partial charge is 0.161 e. The van der Waals surface area contributed by atoms with E-state index >= 15 is 0 Å². The largest absolute Gasteiger partial charge is 0.343 e. The second kappa shape index (κ2) is 20.9. The topological polar surface area (TPSA) is 42.0 Å². The van der Waals surface area contributed by atoms with Crippen molar-refractivity contribution in [2.45, 2.75) is 23.3 Å². The second-order valence-corrected chi connectivity index (χ2v) is 14.6. The van der Waals surface area contributed by atoms with E-state index in [2.05, 4.69) is 170 Å². The molecule has 8 rings (SSSR count). The van der Waals surface area contributed by atoms with Crippen molar-refractivity contribution in [3.63, 3.8) is 0 Å². The number of aliphatic imine (C=N–C) groups is 3. The molecule has 0 N–H and O–H groups in total. The molecule has 0 radical (unpaired) electrons. The summed E-state index contributed by atoms with van der Waals surface area (Å²) in [5, 5.41) is 2.47. The zero-order valence-electron chi connectivity index (χ0n) is 33.7. The van der Waals surface area contributed by atoms with Crippen LogP contribution in [0.25, 0.3) is 44.1 Å². The lowest BCUT2D eigenvalue weighted by molar-refractivity contribution is 1.01. The SMILES string of the molecule is C=CC.C=CC=C.C=NC(=NC(=NCc1ccccc1)c1ccccc1)c1ccc(-c2ccc3c(c2)c2cccc(-c4ccccc4Sc4ccccc4)c2n3C)cc1. The number of hydrogen-bond donors (Lipinski definition) is 0. The standard InChI is InChI=1S/C47H36N4S.C4H6.C3H6/c1-48-46(50-47(35-17-8-4-9-18-35)49-32-33-15-6-3-7-16-33)36-27-25-34(26-28-36)37-29-30-43-42(31-37)41-23-14-22-40(45(41)51(43)2)39-21-12-13-24-44(39)52-38-19-10-5-11-20-38;1-3-4-2;1-3-2/h3-31H,1,32H2,2H3;3-4H,1-2H2;3H,1H2,2H3. The summed E-state index contributed by atoms with van der Waals surface area (Å²) in [6.45, 7) is 16.4. The Bertz CT molecular complexity index is 2720. The summed E-state index contributed by atoms with van der Waals surface area (Å²) in [5.41, 5.74) is 10.1. The fourth-order valence-corrected chi connectivity index (χ4v) is 7.69. The minimum Gasteiger partial charge on any atom is -0.343 e. The molecule has 0 aliphatic carbocycles. The lowest BCUT2D eigenvalue weighted by Gasteiger charge is -2.12. The van der Waals surface area contributed by atoms with E-state index in [0.29, 0.717) is 18.2 Å². The van der Waals surface area contributed by atoms with Crippen molar-refractivity contribution < 1.29 is 0 Å². The van der Waals surface area contributed by atoms with E-state index in [1.54, 1.807) is 30.0 Å². The number of rotatable bonds is 9. The number of aryl methyl sites for hydroxylation is 1. The Balaban J connectivity index is 0.000000779. The number of allylic oxidation sites excluding steroid dienone is 3. The first-order chi connectivity index (χ1) is 29.0. The first-order valence-electron chi connectivity index (χ1n) is 19.4. The monoisotopic (exact) mass is 784 g/mol. The van der Waals surface area contributed by atoms with Crippen LogP contribution in [0.3, 0.4) is 0 Å². The van der Waals surface area contributed by atoms with E-state index in [9.17, 15) is 0 Å². The highest BCUT2D eigenvalue weighted by Gasteiger charge is 2.16. The third kappa shape index (κ3) is 10.3. The third-order valence-electron chi connectivity index (χ3n) is 9.46. The van der Waals surface area contributed by atoms with E-state index < -0.39 is 0 Å². The summed E-state index contributed by atoms with van der Waals surface area (Å²) in [7, 11) is 2.17. The molecule has 0 fully saturated rings. The number of aromatic nitrogens is 1. The van der Waals surface area contributed by atoms with E-state index in [-0.39, 0.29) is 0 Å². The van der Waals surface area contributed by atoms with Crippen molar-refractivity contribution in [2.75, 3.05) is 0 Å². The van der Waals surface area contributed by atoms with Gasteiger partial charge in [0.25, 0.3) is 0 Å². The molecule has 59 heavy (non-hydrogen) atoms. The summed E-state index contributed by atoms with van der Waals surface area (Å²) >= 11 is 1.80. The highest BCUT2D eigenvalue weighted by atomic mass is 32.2. The van der Waals surface area contributed by atoms with Crippen LogP contribution in [0.2, 0.25) is 0 Å². The maximum Gasteiger partial charge on any atom is 0.161 e. The normalized spacial score (nSPS) is 11.2. The Morgan fingerprint density at radius 1 is 0.593 bits per heavy atom. The fourth-order valence-electron chi connectivity index (χ4n) is 6.71. The first-order valence-corrected chi connectivity index (χ1v) is 20.2. The highest BCUT2D eigenvalue weighted by molar-refractivity contribution is 7.99. The van der Waals surface area contributed by atoms with Crippen LogP contribution >= 0.6 is 11.8 Å². The van der Waals surface area contributed by atoms with Gasteiger partial charge in [0, 0.05) is 49.8 Å². The Labute approximate surface area is 353 Å². The number of amidine groups is 2. The van der Waals surface area contributed by atoms with Gasteiger partial charge < -0.3 is 4.57 Å². The molecule has 0 atom stereocenters. The fraction of sp³-hybridized carbons (Fsp3) is 0.0556. The molecule has 0 amide bonds. The molecular formula is C54H48N4S. The van der Waals surface area contributed by atoms with Gasteiger partial charge in [-0.15, -0.1) is 6.58 Å². The van der Waals surface area contributed by atoms with Crippen LogP contribution in [-0.2, 0) is 13.6 Å². The van der Waals surface area contributed by atoms with Gasteiger partial charge in [-0.25, -0.2) is 9.98 Å². The van der Waals surface area contributed by atoms with E-state index in [4.69, 9.17) is 9.98 Å². The summed E-state index contributed by atoms with van der Waals surface area (Å²) in [4.78, 5) is 16.6. The van der Waals surface area contributed by atoms with Crippen LogP contribution in [0.5, 0.6) is 0 Å². The van der Waals surface area contributed by atoms with Crippen molar-refractivity contribution >= 4 is 52.0 Å². The molecular weight excluding hydrogens is 737 g/mol. The van der Waals surface area contributed by atoms with Crippen LogP contribution in [0.4, 0.5) is 0 Å². The minimum atomic E-state index is 0.523. The van der Waals surface area contributed by atoms with E-state index in [1.165, 1.54) is 42.7 Å². The van der Waals surface area contributed by atoms with Crippen LogP contribution in [0.1, 0.15) is 23.6 Å². The average Bonchev–Trinajstić information content (AvgIpc) is 3.59. The maximum absolute atomic E-state index is 4.93. The highest BCUT2D eigenvalue weighted by Crippen LogP contribution is 2.41. The van der Waals surface area contributed by atoms with Crippen molar-refractivity contribution in [1.82, 2.24) is 4.57 Å². The third-order valence-corrected chi connectivity index (χ3v) is 10.5. The quantitative estimate of drug-likeness (QED) is 0.0622. The predicted octanol–water partition coefficient (Wildman–Crippen LogP) is 14.5. The van der Waals surface area contributed by atoms with E-state index in [0.717, 1.165) is 27.8 Å². The van der Waals surface area contributed by atoms with Gasteiger partial charge in [-0.1, -0.05) is 189 Å². The van der Waals surface area contributed by atoms with Gasteiger partial charge in [0.2, 0.25) is 0 Å². The zero-order valence-corrected chi connectivity index (χ0v) is 34.5. The molecule has 8 aromatic rings. The van der Waals surface area contributed by atoms with Gasteiger partial charge in [0.05, 0.1) is 12.1 Å². The minimum absolute atomic E-state index is 0.523. The second-order valence-electron chi connectivity index (χ2n) is 13.4. The van der Waals surface area contributed by atoms with Gasteiger partial charge in [-0.3, -0.25) is 4.99 Å². The zero-order chi connectivity index (χ0) is 41.4. The van der Waals surface area contributed by atoms with Gasteiger partial charge in [0.1, 0.15) is 0 Å². The van der Waals surface area contributed by atoms with Crippen LogP contribution in [0, 0.1) is 0 Å². The Morgan fingerprint density at radius 3 is 1.83 bits per heavy atom. The summed E-state index contributed by atoms with van der Waals surface area (Å²) in [6, 6.07) is 61.3. The Morgan fingerprint density at radius 2 is 1.17 bits per heavy atom. The van der Waals surface area contributed by atoms with Crippen molar-refractivity contribution in [2.24, 2.45) is 22.0 Å². The van der Waals surface area contributed by atoms with E-state index in [1.807, 2.05) is 55.5 Å². The van der Waals surface area contributed by atoms with Gasteiger partial charge >= 0.3 is 0 Å². The molecule has 0 saturated heterocycles. The first kappa shape index (κ1) is 41.6. The number of para-hydroxylation sites is 1. The van der Waals surface area contributed by atoms with Gasteiger partial charge in [-0.2, -0.15) is 0 Å². The molecule has 4 nitrogen and oxygen atoms in total. The number of hydrogen-bond acceptors (Lipinski definition) is 2. The lowest BCUT2D eigenvalue weighted by Crippen LogP contribution is -2.05. The van der Waals surface area contributed by atoms with Crippen LogP contribution in [-0.4, -0.2) is 23.0 Å². The summed E-state index contributed by atoms with van der Waals surface area (Å²) in [5.74, 6) is 1.16. The van der Waals surface area contributed by atoms with Crippen molar-refractivity contribution in [3.8, 4) is 22.3 Å². The lowest BCUT2D eigenvalue weighted by atomic mass is 9.99. The van der Waals surface area contributed by atoms with Crippen LogP contribution in [0.15, 0.2) is 239 Å². The number of nitrogens with zero attached hydrogens (tertiary/aromatic N) is 4. The number of benzene rings is 7. The molecule has 1 heterocycles. The molecule has 0 aliphatic heterocycles. The number of fused-ring (bicyclic) bond motifs is 3. The van der Waals surface area contributed by atoms with Gasteiger partial charge in [-0.05, 0) is 66.2 Å². The molecule has 1 aromatic heterocycles.